The van der Waals surface area contributed by atoms with Gasteiger partial charge < -0.3 is 15.6 Å². The van der Waals surface area contributed by atoms with Gasteiger partial charge in [0.1, 0.15) is 11.6 Å². The highest BCUT2D eigenvalue weighted by atomic mass is 19.1. The van der Waals surface area contributed by atoms with E-state index in [9.17, 15) is 9.50 Å². The molecular weight excluding hydrogens is 197 g/mol. The van der Waals surface area contributed by atoms with Crippen molar-refractivity contribution in [2.24, 2.45) is 5.73 Å². The van der Waals surface area contributed by atoms with Crippen molar-refractivity contribution >= 4 is 0 Å². The quantitative estimate of drug-likeness (QED) is 0.781. The Morgan fingerprint density at radius 3 is 2.87 bits per heavy atom. The Hall–Kier alpha value is -1.13. The van der Waals surface area contributed by atoms with E-state index in [-0.39, 0.29) is 5.82 Å². The van der Waals surface area contributed by atoms with Crippen molar-refractivity contribution in [3.63, 3.8) is 0 Å². The molecule has 15 heavy (non-hydrogen) atoms. The van der Waals surface area contributed by atoms with Gasteiger partial charge in [-0.15, -0.1) is 0 Å². The first-order valence-electron chi connectivity index (χ1n) is 4.90. The molecule has 3 N–H and O–H groups in total. The fraction of sp³-hybridized carbons (Fsp3) is 0.455. The van der Waals surface area contributed by atoms with Crippen molar-refractivity contribution in [3.05, 3.63) is 29.6 Å². The molecule has 0 aliphatic carbocycles. The first kappa shape index (κ1) is 11.9. The van der Waals surface area contributed by atoms with Gasteiger partial charge in [0, 0.05) is 5.56 Å². The SMILES string of the molecule is COc1ccc(F)cc1C(O)CCCN. The monoisotopic (exact) mass is 213 g/mol. The van der Waals surface area contributed by atoms with E-state index in [2.05, 4.69) is 0 Å². The minimum atomic E-state index is -0.723. The third-order valence-corrected chi connectivity index (χ3v) is 2.23. The van der Waals surface area contributed by atoms with E-state index in [4.69, 9.17) is 10.5 Å². The van der Waals surface area contributed by atoms with Crippen molar-refractivity contribution < 1.29 is 14.2 Å². The summed E-state index contributed by atoms with van der Waals surface area (Å²) in [6.07, 6.45) is 0.483. The highest BCUT2D eigenvalue weighted by Crippen LogP contribution is 2.28. The summed E-state index contributed by atoms with van der Waals surface area (Å²) >= 11 is 0. The fourth-order valence-electron chi connectivity index (χ4n) is 1.43. The van der Waals surface area contributed by atoms with Crippen molar-refractivity contribution in [1.82, 2.24) is 0 Å². The maximum atomic E-state index is 13.0. The smallest absolute Gasteiger partial charge is 0.124 e. The van der Waals surface area contributed by atoms with Crippen LogP contribution in [0.1, 0.15) is 24.5 Å². The van der Waals surface area contributed by atoms with E-state index >= 15 is 0 Å². The number of hydrogen-bond donors (Lipinski definition) is 2. The summed E-state index contributed by atoms with van der Waals surface area (Å²) in [4.78, 5) is 0. The van der Waals surface area contributed by atoms with Gasteiger partial charge in [0.2, 0.25) is 0 Å². The number of benzene rings is 1. The van der Waals surface area contributed by atoms with Crippen LogP contribution in [0.3, 0.4) is 0 Å². The van der Waals surface area contributed by atoms with E-state index in [1.165, 1.54) is 25.3 Å². The van der Waals surface area contributed by atoms with Crippen molar-refractivity contribution in [2.45, 2.75) is 18.9 Å². The minimum absolute atomic E-state index is 0.377. The number of halogens is 1. The van der Waals surface area contributed by atoms with Crippen molar-refractivity contribution in [1.29, 1.82) is 0 Å². The number of nitrogens with two attached hydrogens (primary N) is 1. The average Bonchev–Trinajstić information content (AvgIpc) is 2.25. The Kier molecular flexibility index (Phi) is 4.52. The number of aliphatic hydroxyl groups excluding tert-OH is 1. The highest BCUT2D eigenvalue weighted by Gasteiger charge is 2.13. The molecule has 0 saturated heterocycles. The molecule has 0 aliphatic rings. The molecule has 4 heteroatoms. The lowest BCUT2D eigenvalue weighted by molar-refractivity contribution is 0.161. The molecule has 0 radical (unpaired) electrons. The van der Waals surface area contributed by atoms with Gasteiger partial charge in [-0.3, -0.25) is 0 Å². The van der Waals surface area contributed by atoms with E-state index in [1.54, 1.807) is 0 Å². The van der Waals surface area contributed by atoms with Gasteiger partial charge in [0.15, 0.2) is 0 Å². The van der Waals surface area contributed by atoms with E-state index in [1.807, 2.05) is 0 Å². The van der Waals surface area contributed by atoms with Crippen LogP contribution in [0.4, 0.5) is 4.39 Å². The molecule has 0 spiro atoms. The molecular formula is C11H16FNO2. The number of hydrogen-bond acceptors (Lipinski definition) is 3. The molecule has 0 saturated carbocycles. The van der Waals surface area contributed by atoms with Crippen LogP contribution in [0.2, 0.25) is 0 Å². The summed E-state index contributed by atoms with van der Waals surface area (Å²) < 4.78 is 18.0. The van der Waals surface area contributed by atoms with Crippen LogP contribution in [0, 0.1) is 5.82 Å². The molecule has 1 aromatic rings. The van der Waals surface area contributed by atoms with Crippen molar-refractivity contribution in [2.75, 3.05) is 13.7 Å². The number of aliphatic hydroxyl groups is 1. The number of rotatable bonds is 5. The van der Waals surface area contributed by atoms with Crippen LogP contribution >= 0.6 is 0 Å². The molecule has 1 rings (SSSR count). The first-order chi connectivity index (χ1) is 7.19. The van der Waals surface area contributed by atoms with E-state index in [0.29, 0.717) is 30.7 Å². The average molecular weight is 213 g/mol. The van der Waals surface area contributed by atoms with Crippen LogP contribution in [-0.4, -0.2) is 18.8 Å². The zero-order valence-corrected chi connectivity index (χ0v) is 8.74. The van der Waals surface area contributed by atoms with Crippen molar-refractivity contribution in [3.8, 4) is 5.75 Å². The van der Waals surface area contributed by atoms with Gasteiger partial charge in [-0.2, -0.15) is 0 Å². The number of methoxy groups -OCH3 is 1. The zero-order valence-electron chi connectivity index (χ0n) is 8.74. The second-order valence-electron chi connectivity index (χ2n) is 3.33. The van der Waals surface area contributed by atoms with E-state index < -0.39 is 6.10 Å². The van der Waals surface area contributed by atoms with Gasteiger partial charge in [0.25, 0.3) is 0 Å². The highest BCUT2D eigenvalue weighted by molar-refractivity contribution is 5.35. The Bertz CT molecular complexity index is 317. The molecule has 0 heterocycles. The van der Waals surface area contributed by atoms with E-state index in [0.717, 1.165) is 0 Å². The second-order valence-corrected chi connectivity index (χ2v) is 3.33. The summed E-state index contributed by atoms with van der Waals surface area (Å²) in [7, 11) is 1.49. The minimum Gasteiger partial charge on any atom is -0.496 e. The molecule has 0 bridgehead atoms. The lowest BCUT2D eigenvalue weighted by atomic mass is 10.0. The Morgan fingerprint density at radius 1 is 1.53 bits per heavy atom. The van der Waals surface area contributed by atoms with Crippen LogP contribution in [0.5, 0.6) is 5.75 Å². The fourth-order valence-corrected chi connectivity index (χ4v) is 1.43. The molecule has 1 unspecified atom stereocenters. The van der Waals surface area contributed by atoms with Crippen LogP contribution < -0.4 is 10.5 Å². The molecule has 0 fully saturated rings. The third kappa shape index (κ3) is 3.18. The molecule has 84 valence electrons. The second kappa shape index (κ2) is 5.68. The largest absolute Gasteiger partial charge is 0.496 e. The zero-order chi connectivity index (χ0) is 11.3. The Labute approximate surface area is 88.7 Å². The van der Waals surface area contributed by atoms with Crippen LogP contribution in [-0.2, 0) is 0 Å². The summed E-state index contributed by atoms with van der Waals surface area (Å²) in [5.41, 5.74) is 5.82. The molecule has 3 nitrogen and oxygen atoms in total. The third-order valence-electron chi connectivity index (χ3n) is 2.23. The molecule has 0 amide bonds. The van der Waals surface area contributed by atoms with Crippen LogP contribution in [0.25, 0.3) is 0 Å². The Morgan fingerprint density at radius 2 is 2.27 bits per heavy atom. The molecule has 1 aromatic carbocycles. The number of ether oxygens (including phenoxy) is 1. The predicted octanol–water partition coefficient (Wildman–Crippen LogP) is 1.61. The summed E-state index contributed by atoms with van der Waals surface area (Å²) in [6, 6.07) is 4.11. The summed E-state index contributed by atoms with van der Waals surface area (Å²) in [5, 5.41) is 9.79. The van der Waals surface area contributed by atoms with Gasteiger partial charge in [0.05, 0.1) is 13.2 Å². The molecule has 1 atom stereocenters. The topological polar surface area (TPSA) is 55.5 Å². The summed E-state index contributed by atoms with van der Waals surface area (Å²) in [6.45, 7) is 0.509. The Balaban J connectivity index is 2.85. The first-order valence-corrected chi connectivity index (χ1v) is 4.90. The molecule has 0 aromatic heterocycles. The van der Waals surface area contributed by atoms with Gasteiger partial charge in [-0.25, -0.2) is 4.39 Å². The summed E-state index contributed by atoms with van der Waals surface area (Å²) in [5.74, 6) is 0.124. The predicted molar refractivity (Wildman–Crippen MR) is 56.2 cm³/mol. The van der Waals surface area contributed by atoms with Crippen LogP contribution in [0.15, 0.2) is 18.2 Å². The molecule has 0 aliphatic heterocycles. The standard InChI is InChI=1S/C11H16FNO2/c1-15-11-5-4-8(12)7-9(11)10(14)3-2-6-13/h4-5,7,10,14H,2-3,6,13H2,1H3. The van der Waals surface area contributed by atoms with Gasteiger partial charge >= 0.3 is 0 Å². The maximum Gasteiger partial charge on any atom is 0.124 e. The van der Waals surface area contributed by atoms with Gasteiger partial charge in [-0.05, 0) is 37.6 Å². The normalized spacial score (nSPS) is 12.5. The lowest BCUT2D eigenvalue weighted by Crippen LogP contribution is -2.05. The lowest BCUT2D eigenvalue weighted by Gasteiger charge is -2.14. The maximum absolute atomic E-state index is 13.0. The van der Waals surface area contributed by atoms with Gasteiger partial charge in [-0.1, -0.05) is 0 Å².